The molecule has 0 aliphatic rings. The summed E-state index contributed by atoms with van der Waals surface area (Å²) in [5, 5.41) is 3.38. The van der Waals surface area contributed by atoms with Crippen LogP contribution in [-0.4, -0.2) is 31.1 Å². The second-order valence-electron chi connectivity index (χ2n) is 4.82. The minimum absolute atomic E-state index is 0.161. The number of aryl methyl sites for hydroxylation is 1. The number of likely N-dealkylation sites (N-methyl/N-ethyl adjacent to an activating group) is 1. The molecule has 0 saturated carbocycles. The van der Waals surface area contributed by atoms with E-state index in [2.05, 4.69) is 31.1 Å². The molecule has 2 nitrogen and oxygen atoms in total. The van der Waals surface area contributed by atoms with Gasteiger partial charge in [-0.15, -0.1) is 0 Å². The average molecular weight is 238 g/mol. The van der Waals surface area contributed by atoms with Crippen LogP contribution in [0.2, 0.25) is 0 Å². The fraction of sp³-hybridized carbons (Fsp3) is 0.571. The van der Waals surface area contributed by atoms with Crippen molar-refractivity contribution in [2.45, 2.75) is 33.4 Å². The predicted octanol–water partition coefficient (Wildman–Crippen LogP) is 2.56. The van der Waals surface area contributed by atoms with E-state index < -0.39 is 0 Å². The summed E-state index contributed by atoms with van der Waals surface area (Å²) in [6.07, 6.45) is 0. The smallest absolute Gasteiger partial charge is 0.123 e. The lowest BCUT2D eigenvalue weighted by atomic mass is 10.1. The Labute approximate surface area is 104 Å². The fourth-order valence-corrected chi connectivity index (χ4v) is 1.59. The van der Waals surface area contributed by atoms with Crippen molar-refractivity contribution in [3.63, 3.8) is 0 Å². The van der Waals surface area contributed by atoms with E-state index in [1.165, 1.54) is 11.6 Å². The Morgan fingerprint density at radius 3 is 2.65 bits per heavy atom. The Bertz CT molecular complexity index is 350. The predicted molar refractivity (Wildman–Crippen MR) is 70.6 cm³/mol. The molecular weight excluding hydrogens is 215 g/mol. The second-order valence-corrected chi connectivity index (χ2v) is 4.82. The maximum Gasteiger partial charge on any atom is 0.123 e. The largest absolute Gasteiger partial charge is 0.311 e. The molecule has 1 aromatic carbocycles. The number of benzene rings is 1. The van der Waals surface area contributed by atoms with E-state index in [1.54, 1.807) is 6.07 Å². The lowest BCUT2D eigenvalue weighted by Crippen LogP contribution is -2.33. The van der Waals surface area contributed by atoms with Crippen LogP contribution in [0.3, 0.4) is 0 Å². The zero-order valence-electron chi connectivity index (χ0n) is 11.3. The standard InChI is InChI=1S/C14H23FN2/c1-11(2)17(4)8-7-16-10-13-5-6-14(15)9-12(13)3/h5-6,9,11,16H,7-8,10H2,1-4H3. The van der Waals surface area contributed by atoms with Crippen molar-refractivity contribution in [2.24, 2.45) is 0 Å². The maximum atomic E-state index is 12.9. The lowest BCUT2D eigenvalue weighted by Gasteiger charge is -2.21. The monoisotopic (exact) mass is 238 g/mol. The summed E-state index contributed by atoms with van der Waals surface area (Å²) in [5.41, 5.74) is 2.17. The van der Waals surface area contributed by atoms with E-state index >= 15 is 0 Å². The van der Waals surface area contributed by atoms with Gasteiger partial charge in [-0.3, -0.25) is 0 Å². The molecule has 0 aliphatic heterocycles. The summed E-state index contributed by atoms with van der Waals surface area (Å²) in [6, 6.07) is 5.52. The van der Waals surface area contributed by atoms with Gasteiger partial charge in [-0.05, 0) is 51.1 Å². The molecule has 0 spiro atoms. The van der Waals surface area contributed by atoms with Gasteiger partial charge in [0.2, 0.25) is 0 Å². The van der Waals surface area contributed by atoms with E-state index in [1.807, 2.05) is 13.0 Å². The highest BCUT2D eigenvalue weighted by molar-refractivity contribution is 5.26. The SMILES string of the molecule is Cc1cc(F)ccc1CNCCN(C)C(C)C. The van der Waals surface area contributed by atoms with Crippen molar-refractivity contribution in [1.82, 2.24) is 10.2 Å². The van der Waals surface area contributed by atoms with Gasteiger partial charge >= 0.3 is 0 Å². The van der Waals surface area contributed by atoms with Crippen LogP contribution >= 0.6 is 0 Å². The number of hydrogen-bond donors (Lipinski definition) is 1. The van der Waals surface area contributed by atoms with Crippen molar-refractivity contribution in [3.05, 3.63) is 35.1 Å². The average Bonchev–Trinajstić information content (AvgIpc) is 2.26. The van der Waals surface area contributed by atoms with Crippen molar-refractivity contribution in [3.8, 4) is 0 Å². The molecular formula is C14H23FN2. The van der Waals surface area contributed by atoms with Crippen LogP contribution in [-0.2, 0) is 6.54 Å². The van der Waals surface area contributed by atoms with E-state index in [4.69, 9.17) is 0 Å². The summed E-state index contributed by atoms with van der Waals surface area (Å²) in [4.78, 5) is 2.30. The van der Waals surface area contributed by atoms with Gasteiger partial charge in [0.25, 0.3) is 0 Å². The first kappa shape index (κ1) is 14.1. The van der Waals surface area contributed by atoms with Crippen LogP contribution in [0.4, 0.5) is 4.39 Å². The molecule has 0 heterocycles. The molecule has 0 aromatic heterocycles. The van der Waals surface area contributed by atoms with Crippen molar-refractivity contribution in [2.75, 3.05) is 20.1 Å². The summed E-state index contributed by atoms with van der Waals surface area (Å²) in [5.74, 6) is -0.161. The highest BCUT2D eigenvalue weighted by atomic mass is 19.1. The zero-order chi connectivity index (χ0) is 12.8. The van der Waals surface area contributed by atoms with Gasteiger partial charge in [0, 0.05) is 25.7 Å². The fourth-order valence-electron chi connectivity index (χ4n) is 1.59. The summed E-state index contributed by atoms with van der Waals surface area (Å²) in [7, 11) is 2.12. The van der Waals surface area contributed by atoms with Crippen LogP contribution in [0.5, 0.6) is 0 Å². The van der Waals surface area contributed by atoms with Crippen LogP contribution in [0, 0.1) is 12.7 Å². The van der Waals surface area contributed by atoms with Crippen LogP contribution in [0.1, 0.15) is 25.0 Å². The topological polar surface area (TPSA) is 15.3 Å². The molecule has 1 rings (SSSR count). The number of halogens is 1. The molecule has 17 heavy (non-hydrogen) atoms. The van der Waals surface area contributed by atoms with Crippen molar-refractivity contribution in [1.29, 1.82) is 0 Å². The first-order chi connectivity index (χ1) is 8.00. The molecule has 0 amide bonds. The van der Waals surface area contributed by atoms with Crippen LogP contribution < -0.4 is 5.32 Å². The first-order valence-electron chi connectivity index (χ1n) is 6.16. The summed E-state index contributed by atoms with van der Waals surface area (Å²) < 4.78 is 12.9. The molecule has 0 fully saturated rings. The molecule has 0 aliphatic carbocycles. The van der Waals surface area contributed by atoms with Crippen molar-refractivity contribution >= 4 is 0 Å². The molecule has 0 saturated heterocycles. The van der Waals surface area contributed by atoms with Crippen LogP contribution in [0.15, 0.2) is 18.2 Å². The Kier molecular flexibility index (Phi) is 5.59. The molecule has 3 heteroatoms. The lowest BCUT2D eigenvalue weighted by molar-refractivity contribution is 0.273. The van der Waals surface area contributed by atoms with Gasteiger partial charge in [0.05, 0.1) is 0 Å². The normalized spacial score (nSPS) is 11.5. The third-order valence-electron chi connectivity index (χ3n) is 3.14. The van der Waals surface area contributed by atoms with Gasteiger partial charge in [0.1, 0.15) is 5.82 Å². The Balaban J connectivity index is 2.31. The van der Waals surface area contributed by atoms with E-state index in [0.717, 1.165) is 25.2 Å². The van der Waals surface area contributed by atoms with Gasteiger partial charge in [0.15, 0.2) is 0 Å². The number of rotatable bonds is 6. The summed E-state index contributed by atoms with van der Waals surface area (Å²) in [6.45, 7) is 9.09. The van der Waals surface area contributed by atoms with E-state index in [0.29, 0.717) is 6.04 Å². The Morgan fingerprint density at radius 1 is 1.35 bits per heavy atom. The van der Waals surface area contributed by atoms with Crippen LogP contribution in [0.25, 0.3) is 0 Å². The number of hydrogen-bond acceptors (Lipinski definition) is 2. The summed E-state index contributed by atoms with van der Waals surface area (Å²) >= 11 is 0. The minimum atomic E-state index is -0.161. The Hall–Kier alpha value is -0.930. The van der Waals surface area contributed by atoms with Gasteiger partial charge in [-0.2, -0.15) is 0 Å². The molecule has 0 unspecified atom stereocenters. The molecule has 0 radical (unpaired) electrons. The van der Waals surface area contributed by atoms with Gasteiger partial charge < -0.3 is 10.2 Å². The highest BCUT2D eigenvalue weighted by Crippen LogP contribution is 2.09. The molecule has 1 N–H and O–H groups in total. The Morgan fingerprint density at radius 2 is 2.06 bits per heavy atom. The first-order valence-corrected chi connectivity index (χ1v) is 6.16. The number of nitrogens with one attached hydrogen (secondary N) is 1. The second kappa shape index (κ2) is 6.72. The maximum absolute atomic E-state index is 12.9. The molecule has 0 atom stereocenters. The van der Waals surface area contributed by atoms with Crippen molar-refractivity contribution < 1.29 is 4.39 Å². The van der Waals surface area contributed by atoms with E-state index in [-0.39, 0.29) is 5.82 Å². The number of nitrogens with zero attached hydrogens (tertiary/aromatic N) is 1. The van der Waals surface area contributed by atoms with Gasteiger partial charge in [-0.25, -0.2) is 4.39 Å². The zero-order valence-corrected chi connectivity index (χ0v) is 11.3. The van der Waals surface area contributed by atoms with Gasteiger partial charge in [-0.1, -0.05) is 6.07 Å². The highest BCUT2D eigenvalue weighted by Gasteiger charge is 2.03. The molecule has 0 bridgehead atoms. The minimum Gasteiger partial charge on any atom is -0.311 e. The van der Waals surface area contributed by atoms with E-state index in [9.17, 15) is 4.39 Å². The third-order valence-corrected chi connectivity index (χ3v) is 3.14. The molecule has 1 aromatic rings. The quantitative estimate of drug-likeness (QED) is 0.766. The third kappa shape index (κ3) is 4.84. The molecule has 96 valence electrons.